The molecule has 0 aliphatic heterocycles. The first-order valence-electron chi connectivity index (χ1n) is 7.33. The van der Waals surface area contributed by atoms with Crippen molar-refractivity contribution in [2.24, 2.45) is 0 Å². The molecule has 1 aliphatic rings. The van der Waals surface area contributed by atoms with Gasteiger partial charge in [0.15, 0.2) is 0 Å². The van der Waals surface area contributed by atoms with Crippen LogP contribution in [0.1, 0.15) is 24.1 Å². The van der Waals surface area contributed by atoms with Crippen molar-refractivity contribution in [1.29, 1.82) is 0 Å². The smallest absolute Gasteiger partial charge is 0.0965 e. The van der Waals surface area contributed by atoms with E-state index in [0.29, 0.717) is 12.6 Å². The van der Waals surface area contributed by atoms with Gasteiger partial charge in [0.25, 0.3) is 0 Å². The highest BCUT2D eigenvalue weighted by Crippen LogP contribution is 2.19. The summed E-state index contributed by atoms with van der Waals surface area (Å²) in [7, 11) is 0. The normalized spacial score (nSPS) is 14.7. The van der Waals surface area contributed by atoms with E-state index in [4.69, 9.17) is 0 Å². The maximum Gasteiger partial charge on any atom is 0.0965 e. The lowest BCUT2D eigenvalue weighted by Crippen LogP contribution is -2.15. The van der Waals surface area contributed by atoms with Gasteiger partial charge in [-0.1, -0.05) is 29.5 Å². The van der Waals surface area contributed by atoms with Crippen LogP contribution in [0.4, 0.5) is 0 Å². The summed E-state index contributed by atoms with van der Waals surface area (Å²) in [5, 5.41) is 13.0. The summed E-state index contributed by atoms with van der Waals surface area (Å²) in [6.45, 7) is 1.50. The fourth-order valence-corrected chi connectivity index (χ4v) is 2.50. The van der Waals surface area contributed by atoms with Crippen molar-refractivity contribution in [1.82, 2.24) is 25.3 Å². The maximum absolute atomic E-state index is 4.48. The average Bonchev–Trinajstić information content (AvgIpc) is 3.25. The zero-order chi connectivity index (χ0) is 14.1. The molecule has 106 valence electrons. The molecule has 1 aliphatic carbocycles. The lowest BCUT2D eigenvalue weighted by molar-refractivity contribution is 0.648. The van der Waals surface area contributed by atoms with Crippen LogP contribution in [0.5, 0.6) is 0 Å². The van der Waals surface area contributed by atoms with Gasteiger partial charge < -0.3 is 5.32 Å². The SMILES string of the molecule is c1cnc2c(Cn3cc(CNC4CC4)nn3)cccc2c1. The summed E-state index contributed by atoms with van der Waals surface area (Å²) in [6, 6.07) is 11.0. The van der Waals surface area contributed by atoms with Crippen molar-refractivity contribution >= 4 is 10.9 Å². The summed E-state index contributed by atoms with van der Waals surface area (Å²) < 4.78 is 1.88. The lowest BCUT2D eigenvalue weighted by atomic mass is 10.1. The Labute approximate surface area is 123 Å². The predicted octanol–water partition coefficient (Wildman–Crippen LogP) is 2.13. The molecule has 2 aromatic heterocycles. The van der Waals surface area contributed by atoms with Crippen LogP contribution in [0, 0.1) is 0 Å². The number of nitrogens with one attached hydrogen (secondary N) is 1. The predicted molar refractivity (Wildman–Crippen MR) is 80.7 cm³/mol. The minimum Gasteiger partial charge on any atom is -0.308 e. The van der Waals surface area contributed by atoms with Gasteiger partial charge >= 0.3 is 0 Å². The van der Waals surface area contributed by atoms with Gasteiger partial charge in [-0.2, -0.15) is 0 Å². The Morgan fingerprint density at radius 2 is 2.10 bits per heavy atom. The zero-order valence-corrected chi connectivity index (χ0v) is 11.7. The van der Waals surface area contributed by atoms with Crippen LogP contribution < -0.4 is 5.32 Å². The molecule has 0 spiro atoms. The number of fused-ring (bicyclic) bond motifs is 1. The second kappa shape index (κ2) is 5.26. The van der Waals surface area contributed by atoms with Crippen LogP contribution >= 0.6 is 0 Å². The van der Waals surface area contributed by atoms with Crippen molar-refractivity contribution in [3.8, 4) is 0 Å². The molecule has 1 fully saturated rings. The molecular weight excluding hydrogens is 262 g/mol. The van der Waals surface area contributed by atoms with Gasteiger partial charge in [0, 0.05) is 24.2 Å². The summed E-state index contributed by atoms with van der Waals surface area (Å²) in [5.74, 6) is 0. The highest BCUT2D eigenvalue weighted by molar-refractivity contribution is 5.81. The first-order valence-corrected chi connectivity index (χ1v) is 7.33. The lowest BCUT2D eigenvalue weighted by Gasteiger charge is -2.05. The van der Waals surface area contributed by atoms with Crippen molar-refractivity contribution in [3.05, 3.63) is 54.0 Å². The van der Waals surface area contributed by atoms with E-state index in [1.807, 2.05) is 23.1 Å². The van der Waals surface area contributed by atoms with Crippen LogP contribution in [0.2, 0.25) is 0 Å². The van der Waals surface area contributed by atoms with Gasteiger partial charge in [0.1, 0.15) is 0 Å². The molecule has 0 saturated heterocycles. The van der Waals surface area contributed by atoms with Crippen LogP contribution in [-0.4, -0.2) is 26.0 Å². The Morgan fingerprint density at radius 3 is 3.00 bits per heavy atom. The van der Waals surface area contributed by atoms with E-state index < -0.39 is 0 Å². The van der Waals surface area contributed by atoms with Gasteiger partial charge in [0.2, 0.25) is 0 Å². The minimum absolute atomic E-state index is 0.692. The monoisotopic (exact) mass is 279 g/mol. The molecule has 5 heteroatoms. The molecule has 0 atom stereocenters. The zero-order valence-electron chi connectivity index (χ0n) is 11.7. The van der Waals surface area contributed by atoms with Gasteiger partial charge in [-0.15, -0.1) is 5.10 Å². The molecule has 0 bridgehead atoms. The van der Waals surface area contributed by atoms with Gasteiger partial charge in [-0.05, 0) is 24.5 Å². The molecule has 3 aromatic rings. The van der Waals surface area contributed by atoms with Crippen molar-refractivity contribution < 1.29 is 0 Å². The average molecular weight is 279 g/mol. The third kappa shape index (κ3) is 2.78. The molecule has 21 heavy (non-hydrogen) atoms. The molecule has 0 radical (unpaired) electrons. The molecule has 2 heterocycles. The highest BCUT2D eigenvalue weighted by Gasteiger charge is 2.20. The highest BCUT2D eigenvalue weighted by atomic mass is 15.4. The van der Waals surface area contributed by atoms with Gasteiger partial charge in [-0.25, -0.2) is 4.68 Å². The summed E-state index contributed by atoms with van der Waals surface area (Å²) >= 11 is 0. The molecule has 1 saturated carbocycles. The van der Waals surface area contributed by atoms with E-state index in [1.54, 1.807) is 0 Å². The Bertz CT molecular complexity index is 755. The topological polar surface area (TPSA) is 55.6 Å². The second-order valence-corrected chi connectivity index (χ2v) is 5.55. The van der Waals surface area contributed by atoms with Gasteiger partial charge in [-0.3, -0.25) is 4.98 Å². The summed E-state index contributed by atoms with van der Waals surface area (Å²) in [5.41, 5.74) is 3.20. The number of nitrogens with zero attached hydrogens (tertiary/aromatic N) is 4. The van der Waals surface area contributed by atoms with Crippen molar-refractivity contribution in [3.63, 3.8) is 0 Å². The van der Waals surface area contributed by atoms with Gasteiger partial charge in [0.05, 0.1) is 24.0 Å². The largest absolute Gasteiger partial charge is 0.308 e. The Balaban J connectivity index is 1.53. The second-order valence-electron chi connectivity index (χ2n) is 5.55. The standard InChI is InChI=1S/C16H17N5/c1-3-12-5-2-8-17-16(12)13(4-1)10-21-11-15(19-20-21)9-18-14-6-7-14/h1-5,8,11,14,18H,6-7,9-10H2. The number of pyridine rings is 1. The van der Waals surface area contributed by atoms with E-state index in [-0.39, 0.29) is 0 Å². The fourth-order valence-electron chi connectivity index (χ4n) is 2.50. The molecule has 5 nitrogen and oxygen atoms in total. The number of benzene rings is 1. The van der Waals surface area contributed by atoms with Crippen LogP contribution in [0.15, 0.2) is 42.7 Å². The molecule has 1 aromatic carbocycles. The van der Waals surface area contributed by atoms with E-state index >= 15 is 0 Å². The molecule has 1 N–H and O–H groups in total. The van der Waals surface area contributed by atoms with E-state index in [9.17, 15) is 0 Å². The van der Waals surface area contributed by atoms with E-state index in [2.05, 4.69) is 44.9 Å². The Hall–Kier alpha value is -2.27. The quantitative estimate of drug-likeness (QED) is 0.777. The summed E-state index contributed by atoms with van der Waals surface area (Å²) in [6.07, 6.45) is 6.42. The molecular formula is C16H17N5. The number of para-hydroxylation sites is 1. The van der Waals surface area contributed by atoms with Crippen molar-refractivity contribution in [2.75, 3.05) is 0 Å². The van der Waals surface area contributed by atoms with Crippen LogP contribution in [0.3, 0.4) is 0 Å². The first kappa shape index (κ1) is 12.5. The van der Waals surface area contributed by atoms with Crippen LogP contribution in [-0.2, 0) is 13.1 Å². The maximum atomic E-state index is 4.48. The number of rotatable bonds is 5. The molecule has 4 rings (SSSR count). The number of aromatic nitrogens is 4. The molecule has 0 unspecified atom stereocenters. The first-order chi connectivity index (χ1) is 10.4. The van der Waals surface area contributed by atoms with Crippen LogP contribution in [0.25, 0.3) is 10.9 Å². The number of hydrogen-bond acceptors (Lipinski definition) is 4. The third-order valence-electron chi connectivity index (χ3n) is 3.78. The minimum atomic E-state index is 0.692. The third-order valence-corrected chi connectivity index (χ3v) is 3.78. The van der Waals surface area contributed by atoms with Crippen molar-refractivity contribution in [2.45, 2.75) is 32.0 Å². The Morgan fingerprint density at radius 1 is 1.19 bits per heavy atom. The number of hydrogen-bond donors (Lipinski definition) is 1. The summed E-state index contributed by atoms with van der Waals surface area (Å²) in [4.78, 5) is 4.48. The fraction of sp³-hybridized carbons (Fsp3) is 0.312. The Kier molecular flexibility index (Phi) is 3.12. The molecule has 0 amide bonds. The van der Waals surface area contributed by atoms with E-state index in [0.717, 1.165) is 23.1 Å². The van der Waals surface area contributed by atoms with E-state index in [1.165, 1.54) is 18.4 Å².